The molecule has 1 aromatic carbocycles. The molecule has 0 spiro atoms. The van der Waals surface area contributed by atoms with Crippen LogP contribution in [0.3, 0.4) is 0 Å². The van der Waals surface area contributed by atoms with E-state index in [1.165, 1.54) is 0 Å². The van der Waals surface area contributed by atoms with Crippen molar-refractivity contribution in [1.29, 1.82) is 0 Å². The van der Waals surface area contributed by atoms with E-state index in [1.54, 1.807) is 6.20 Å². The van der Waals surface area contributed by atoms with Gasteiger partial charge in [-0.15, -0.1) is 0 Å². The van der Waals surface area contributed by atoms with Gasteiger partial charge in [0, 0.05) is 5.39 Å². The molecule has 1 atom stereocenters. The number of aromatic nitrogens is 1. The number of para-hydroxylation sites is 1. The quantitative estimate of drug-likeness (QED) is 0.867. The monoisotopic (exact) mass is 261 g/mol. The van der Waals surface area contributed by atoms with Crippen molar-refractivity contribution in [2.24, 2.45) is 0 Å². The molecule has 0 aliphatic heterocycles. The van der Waals surface area contributed by atoms with Crippen molar-refractivity contribution in [3.05, 3.63) is 36.5 Å². The molecule has 2 rings (SSSR count). The van der Waals surface area contributed by atoms with E-state index >= 15 is 0 Å². The van der Waals surface area contributed by atoms with Crippen molar-refractivity contribution in [2.75, 3.05) is 13.2 Å². The SMILES string of the molecule is CC(C)OC[C@H](O)COc1cnc2ccccc2c1. The molecule has 0 saturated heterocycles. The number of hydrogen-bond donors (Lipinski definition) is 1. The second-order valence-electron chi connectivity index (χ2n) is 4.71. The van der Waals surface area contributed by atoms with Crippen LogP contribution >= 0.6 is 0 Å². The molecule has 0 radical (unpaired) electrons. The molecule has 4 nitrogen and oxygen atoms in total. The summed E-state index contributed by atoms with van der Waals surface area (Å²) in [5.41, 5.74) is 0.929. The maximum Gasteiger partial charge on any atom is 0.138 e. The van der Waals surface area contributed by atoms with Gasteiger partial charge in [0.2, 0.25) is 0 Å². The van der Waals surface area contributed by atoms with Crippen molar-refractivity contribution >= 4 is 10.9 Å². The highest BCUT2D eigenvalue weighted by atomic mass is 16.5. The van der Waals surface area contributed by atoms with Gasteiger partial charge in [-0.1, -0.05) is 18.2 Å². The summed E-state index contributed by atoms with van der Waals surface area (Å²) in [5.74, 6) is 0.655. The van der Waals surface area contributed by atoms with Crippen molar-refractivity contribution in [1.82, 2.24) is 4.98 Å². The molecule has 0 fully saturated rings. The van der Waals surface area contributed by atoms with E-state index < -0.39 is 6.10 Å². The molecule has 0 bridgehead atoms. The minimum Gasteiger partial charge on any atom is -0.489 e. The fourth-order valence-corrected chi connectivity index (χ4v) is 1.67. The molecule has 0 amide bonds. The summed E-state index contributed by atoms with van der Waals surface area (Å²) < 4.78 is 10.8. The minimum atomic E-state index is -0.631. The maximum absolute atomic E-state index is 9.70. The smallest absolute Gasteiger partial charge is 0.138 e. The Morgan fingerprint density at radius 3 is 2.79 bits per heavy atom. The summed E-state index contributed by atoms with van der Waals surface area (Å²) in [5, 5.41) is 10.7. The fraction of sp³-hybridized carbons (Fsp3) is 0.400. The average molecular weight is 261 g/mol. The van der Waals surface area contributed by atoms with Crippen molar-refractivity contribution in [3.63, 3.8) is 0 Å². The summed E-state index contributed by atoms with van der Waals surface area (Å²) in [6, 6.07) is 9.75. The van der Waals surface area contributed by atoms with Gasteiger partial charge in [0.05, 0.1) is 24.4 Å². The van der Waals surface area contributed by atoms with Crippen LogP contribution in [0, 0.1) is 0 Å². The number of rotatable bonds is 6. The molecule has 0 aliphatic carbocycles. The van der Waals surface area contributed by atoms with Gasteiger partial charge >= 0.3 is 0 Å². The van der Waals surface area contributed by atoms with E-state index in [9.17, 15) is 5.11 Å². The van der Waals surface area contributed by atoms with Crippen LogP contribution in [0.2, 0.25) is 0 Å². The molecule has 0 unspecified atom stereocenters. The molecule has 0 aliphatic rings. The Balaban J connectivity index is 1.90. The minimum absolute atomic E-state index is 0.108. The van der Waals surface area contributed by atoms with Gasteiger partial charge in [-0.25, -0.2) is 0 Å². The summed E-state index contributed by atoms with van der Waals surface area (Å²) >= 11 is 0. The van der Waals surface area contributed by atoms with Crippen LogP contribution in [0.1, 0.15) is 13.8 Å². The average Bonchev–Trinajstić information content (AvgIpc) is 2.42. The molecule has 1 heterocycles. The molecule has 4 heteroatoms. The lowest BCUT2D eigenvalue weighted by atomic mass is 10.2. The Bertz CT molecular complexity index is 528. The number of fused-ring (bicyclic) bond motifs is 1. The number of aliphatic hydroxyl groups excluding tert-OH is 1. The highest BCUT2D eigenvalue weighted by Crippen LogP contribution is 2.17. The Kier molecular flexibility index (Phi) is 4.71. The summed E-state index contributed by atoms with van der Waals surface area (Å²) in [6.45, 7) is 4.34. The van der Waals surface area contributed by atoms with Gasteiger partial charge in [-0.2, -0.15) is 0 Å². The third-order valence-electron chi connectivity index (χ3n) is 2.63. The number of nitrogens with zero attached hydrogens (tertiary/aromatic N) is 1. The first-order valence-corrected chi connectivity index (χ1v) is 6.42. The zero-order chi connectivity index (χ0) is 13.7. The first kappa shape index (κ1) is 13.8. The van der Waals surface area contributed by atoms with E-state index in [4.69, 9.17) is 9.47 Å². The van der Waals surface area contributed by atoms with Crippen LogP contribution in [0.5, 0.6) is 5.75 Å². The number of ether oxygens (including phenoxy) is 2. The Labute approximate surface area is 113 Å². The van der Waals surface area contributed by atoms with Crippen LogP contribution < -0.4 is 4.74 Å². The highest BCUT2D eigenvalue weighted by Gasteiger charge is 2.07. The fourth-order valence-electron chi connectivity index (χ4n) is 1.67. The number of aliphatic hydroxyl groups is 1. The molecular formula is C15H19NO3. The standard InChI is InChI=1S/C15H19NO3/c1-11(2)18-9-13(17)10-19-14-7-12-5-3-4-6-15(12)16-8-14/h3-8,11,13,17H,9-10H2,1-2H3/t13-/m0/s1. The zero-order valence-corrected chi connectivity index (χ0v) is 11.2. The predicted octanol–water partition coefficient (Wildman–Crippen LogP) is 2.40. The van der Waals surface area contributed by atoms with Gasteiger partial charge in [-0.3, -0.25) is 4.98 Å². The summed E-state index contributed by atoms with van der Waals surface area (Å²) in [7, 11) is 0. The first-order valence-electron chi connectivity index (χ1n) is 6.42. The topological polar surface area (TPSA) is 51.6 Å². The molecule has 1 aromatic heterocycles. The summed E-state index contributed by atoms with van der Waals surface area (Å²) in [6.07, 6.45) is 1.14. The van der Waals surface area contributed by atoms with Gasteiger partial charge in [-0.05, 0) is 26.0 Å². The molecule has 2 aromatic rings. The van der Waals surface area contributed by atoms with Gasteiger partial charge in [0.1, 0.15) is 18.5 Å². The van der Waals surface area contributed by atoms with Gasteiger partial charge in [0.15, 0.2) is 0 Å². The highest BCUT2D eigenvalue weighted by molar-refractivity contribution is 5.79. The normalized spacial score (nSPS) is 12.8. The largest absolute Gasteiger partial charge is 0.489 e. The number of hydrogen-bond acceptors (Lipinski definition) is 4. The lowest BCUT2D eigenvalue weighted by molar-refractivity contribution is -0.0123. The van der Waals surface area contributed by atoms with E-state index in [1.807, 2.05) is 44.2 Å². The Hall–Kier alpha value is -1.65. The third kappa shape index (κ3) is 4.19. The maximum atomic E-state index is 9.70. The van der Waals surface area contributed by atoms with E-state index in [2.05, 4.69) is 4.98 Å². The Morgan fingerprint density at radius 2 is 2.00 bits per heavy atom. The van der Waals surface area contributed by atoms with E-state index in [0.717, 1.165) is 10.9 Å². The lowest BCUT2D eigenvalue weighted by Crippen LogP contribution is -2.25. The second-order valence-corrected chi connectivity index (χ2v) is 4.71. The number of pyridine rings is 1. The van der Waals surface area contributed by atoms with Crippen LogP contribution in [0.15, 0.2) is 36.5 Å². The molecule has 1 N–H and O–H groups in total. The van der Waals surface area contributed by atoms with Crippen LogP contribution in [-0.2, 0) is 4.74 Å². The predicted molar refractivity (Wildman–Crippen MR) is 74.3 cm³/mol. The van der Waals surface area contributed by atoms with E-state index in [0.29, 0.717) is 5.75 Å². The lowest BCUT2D eigenvalue weighted by Gasteiger charge is -2.14. The van der Waals surface area contributed by atoms with Crippen LogP contribution in [0.4, 0.5) is 0 Å². The van der Waals surface area contributed by atoms with Crippen LogP contribution in [0.25, 0.3) is 10.9 Å². The van der Waals surface area contributed by atoms with Gasteiger partial charge in [0.25, 0.3) is 0 Å². The van der Waals surface area contributed by atoms with Gasteiger partial charge < -0.3 is 14.6 Å². The van der Waals surface area contributed by atoms with Crippen LogP contribution in [-0.4, -0.2) is 35.5 Å². The zero-order valence-electron chi connectivity index (χ0n) is 11.2. The molecule has 19 heavy (non-hydrogen) atoms. The van der Waals surface area contributed by atoms with E-state index in [-0.39, 0.29) is 19.3 Å². The summed E-state index contributed by atoms with van der Waals surface area (Å²) in [4.78, 5) is 4.30. The molecule has 102 valence electrons. The molecule has 0 saturated carbocycles. The van der Waals surface area contributed by atoms with Crippen molar-refractivity contribution in [2.45, 2.75) is 26.1 Å². The Morgan fingerprint density at radius 1 is 1.21 bits per heavy atom. The first-order chi connectivity index (χ1) is 9.15. The molecular weight excluding hydrogens is 242 g/mol. The second kappa shape index (κ2) is 6.50. The third-order valence-corrected chi connectivity index (χ3v) is 2.63. The number of benzene rings is 1. The van der Waals surface area contributed by atoms with Crippen molar-refractivity contribution < 1.29 is 14.6 Å². The van der Waals surface area contributed by atoms with Crippen molar-refractivity contribution in [3.8, 4) is 5.75 Å².